The van der Waals surface area contributed by atoms with Crippen LogP contribution in [0.4, 0.5) is 5.69 Å². The molecule has 33 heavy (non-hydrogen) atoms. The van der Waals surface area contributed by atoms with Gasteiger partial charge < -0.3 is 5.32 Å². The van der Waals surface area contributed by atoms with Crippen molar-refractivity contribution < 1.29 is 4.79 Å². The van der Waals surface area contributed by atoms with Crippen LogP contribution >= 0.6 is 34.7 Å². The van der Waals surface area contributed by atoms with Crippen molar-refractivity contribution in [3.63, 3.8) is 0 Å². The number of nitrogens with zero attached hydrogens (tertiary/aromatic N) is 2. The number of para-hydroxylation sites is 1. The van der Waals surface area contributed by atoms with Crippen LogP contribution < -0.4 is 10.9 Å². The van der Waals surface area contributed by atoms with Gasteiger partial charge in [0, 0.05) is 15.6 Å². The Morgan fingerprint density at radius 3 is 2.61 bits per heavy atom. The number of rotatable bonds is 5. The molecule has 1 N–H and O–H groups in total. The Balaban J connectivity index is 1.51. The summed E-state index contributed by atoms with van der Waals surface area (Å²) in [7, 11) is 0. The van der Waals surface area contributed by atoms with Crippen molar-refractivity contribution in [3.05, 3.63) is 79.4 Å². The van der Waals surface area contributed by atoms with Gasteiger partial charge in [-0.25, -0.2) is 4.98 Å². The van der Waals surface area contributed by atoms with Crippen LogP contribution in [-0.2, 0) is 17.6 Å². The minimum atomic E-state index is -0.136. The third-order valence-electron chi connectivity index (χ3n) is 5.87. The van der Waals surface area contributed by atoms with Gasteiger partial charge in [0.15, 0.2) is 5.16 Å². The molecule has 2 heterocycles. The van der Waals surface area contributed by atoms with E-state index in [-0.39, 0.29) is 17.2 Å². The smallest absolute Gasteiger partial charge is 0.267 e. The van der Waals surface area contributed by atoms with E-state index in [1.54, 1.807) is 28.0 Å². The number of carbonyl (C=O) groups is 1. The molecule has 2 aromatic heterocycles. The maximum absolute atomic E-state index is 13.7. The molecule has 8 heteroatoms. The first-order valence-electron chi connectivity index (χ1n) is 10.7. The van der Waals surface area contributed by atoms with Gasteiger partial charge in [0.2, 0.25) is 5.91 Å². The molecule has 0 unspecified atom stereocenters. The molecule has 4 aromatic rings. The number of aryl methyl sites for hydroxylation is 4. The Morgan fingerprint density at radius 2 is 1.88 bits per heavy atom. The maximum atomic E-state index is 13.7. The fraction of sp³-hybridized carbons (Fsp3) is 0.240. The normalized spacial score (nSPS) is 12.8. The molecule has 0 atom stereocenters. The second-order valence-corrected chi connectivity index (χ2v) is 10.6. The summed E-state index contributed by atoms with van der Waals surface area (Å²) in [6.07, 6.45) is 2.99. The first-order chi connectivity index (χ1) is 15.9. The van der Waals surface area contributed by atoms with Gasteiger partial charge in [-0.05, 0) is 74.1 Å². The molecule has 0 saturated heterocycles. The van der Waals surface area contributed by atoms with E-state index < -0.39 is 0 Å². The van der Waals surface area contributed by atoms with Crippen molar-refractivity contribution in [3.8, 4) is 5.69 Å². The summed E-state index contributed by atoms with van der Waals surface area (Å²) in [6, 6.07) is 13.0. The zero-order valence-corrected chi connectivity index (χ0v) is 20.7. The number of hydrogen-bond acceptors (Lipinski definition) is 5. The highest BCUT2D eigenvalue weighted by atomic mass is 35.5. The average molecular weight is 496 g/mol. The summed E-state index contributed by atoms with van der Waals surface area (Å²) in [6.45, 7) is 3.94. The van der Waals surface area contributed by atoms with Gasteiger partial charge in [-0.1, -0.05) is 41.6 Å². The summed E-state index contributed by atoms with van der Waals surface area (Å²) in [5.74, 6) is 0.00721. The van der Waals surface area contributed by atoms with Crippen LogP contribution in [0.1, 0.15) is 28.0 Å². The molecule has 0 fully saturated rings. The Morgan fingerprint density at radius 1 is 1.15 bits per heavy atom. The van der Waals surface area contributed by atoms with Gasteiger partial charge in [0.25, 0.3) is 5.56 Å². The van der Waals surface area contributed by atoms with Crippen LogP contribution in [0.3, 0.4) is 0 Å². The number of hydrogen-bond donors (Lipinski definition) is 1. The number of halogens is 1. The molecule has 168 valence electrons. The van der Waals surface area contributed by atoms with Crippen LogP contribution in [0.15, 0.2) is 52.4 Å². The highest BCUT2D eigenvalue weighted by molar-refractivity contribution is 7.99. The second-order valence-electron chi connectivity index (χ2n) is 8.15. The molecule has 1 amide bonds. The van der Waals surface area contributed by atoms with E-state index >= 15 is 0 Å². The average Bonchev–Trinajstić information content (AvgIpc) is 3.37. The monoisotopic (exact) mass is 495 g/mol. The fourth-order valence-electron chi connectivity index (χ4n) is 4.26. The van der Waals surface area contributed by atoms with Crippen molar-refractivity contribution in [2.24, 2.45) is 0 Å². The number of thiophene rings is 1. The highest BCUT2D eigenvalue weighted by Crippen LogP contribution is 2.36. The van der Waals surface area contributed by atoms with Crippen LogP contribution in [0.2, 0.25) is 5.02 Å². The van der Waals surface area contributed by atoms with Crippen molar-refractivity contribution in [2.45, 2.75) is 38.3 Å². The van der Waals surface area contributed by atoms with Crippen molar-refractivity contribution in [1.82, 2.24) is 9.55 Å². The third-order valence-corrected chi connectivity index (χ3v) is 8.25. The van der Waals surface area contributed by atoms with Crippen LogP contribution in [-0.4, -0.2) is 21.2 Å². The van der Waals surface area contributed by atoms with Gasteiger partial charge in [-0.15, -0.1) is 11.3 Å². The van der Waals surface area contributed by atoms with Crippen molar-refractivity contribution in [2.75, 3.05) is 11.1 Å². The first-order valence-corrected chi connectivity index (χ1v) is 12.9. The molecule has 2 aromatic carbocycles. The number of fused-ring (bicyclic) bond motifs is 3. The van der Waals surface area contributed by atoms with Gasteiger partial charge in [0.05, 0.1) is 16.8 Å². The number of benzene rings is 2. The number of carbonyl (C=O) groups excluding carboxylic acids is 1. The SMILES string of the molecule is Cc1cccc(C)c1NC(=O)CSc1nc2sc3c(c2c(=O)n1-c1ccc(Cl)cc1)CCC3. The molecule has 0 aliphatic heterocycles. The van der Waals surface area contributed by atoms with Gasteiger partial charge in [-0.3, -0.25) is 14.2 Å². The Labute approximate surface area is 204 Å². The van der Waals surface area contributed by atoms with Gasteiger partial charge >= 0.3 is 0 Å². The third kappa shape index (κ3) is 4.21. The summed E-state index contributed by atoms with van der Waals surface area (Å²) < 4.78 is 1.61. The molecule has 1 aliphatic rings. The minimum Gasteiger partial charge on any atom is -0.325 e. The number of thioether (sulfide) groups is 1. The standard InChI is InChI=1S/C25H22ClN3O2S2/c1-14-5-3-6-15(2)22(14)27-20(30)13-32-25-28-23-21(18-7-4-8-19(18)33-23)24(31)29(25)17-11-9-16(26)10-12-17/h3,5-6,9-12H,4,7-8,13H2,1-2H3,(H,27,30). The number of anilines is 1. The lowest BCUT2D eigenvalue weighted by molar-refractivity contribution is -0.113. The molecule has 0 bridgehead atoms. The number of amides is 1. The summed E-state index contributed by atoms with van der Waals surface area (Å²) >= 11 is 8.95. The van der Waals surface area contributed by atoms with Crippen LogP contribution in [0, 0.1) is 13.8 Å². The van der Waals surface area contributed by atoms with Crippen LogP contribution in [0.25, 0.3) is 15.9 Å². The van der Waals surface area contributed by atoms with E-state index in [1.165, 1.54) is 16.6 Å². The van der Waals surface area contributed by atoms with E-state index in [0.717, 1.165) is 46.5 Å². The van der Waals surface area contributed by atoms with E-state index in [2.05, 4.69) is 5.32 Å². The van der Waals surface area contributed by atoms with Gasteiger partial charge in [0.1, 0.15) is 4.83 Å². The predicted molar refractivity (Wildman–Crippen MR) is 138 cm³/mol. The van der Waals surface area contributed by atoms with Gasteiger partial charge in [-0.2, -0.15) is 0 Å². The number of aromatic nitrogens is 2. The highest BCUT2D eigenvalue weighted by Gasteiger charge is 2.24. The summed E-state index contributed by atoms with van der Waals surface area (Å²) in [4.78, 5) is 33.3. The van der Waals surface area contributed by atoms with E-state index in [0.29, 0.717) is 21.3 Å². The Kier molecular flexibility index (Phi) is 6.03. The summed E-state index contributed by atoms with van der Waals surface area (Å²) in [5, 5.41) is 4.83. The molecule has 0 radical (unpaired) electrons. The van der Waals surface area contributed by atoms with E-state index in [9.17, 15) is 9.59 Å². The lowest BCUT2D eigenvalue weighted by Gasteiger charge is -2.14. The maximum Gasteiger partial charge on any atom is 0.267 e. The molecular weight excluding hydrogens is 474 g/mol. The molecule has 5 rings (SSSR count). The zero-order chi connectivity index (χ0) is 23.1. The van der Waals surface area contributed by atoms with Crippen LogP contribution in [0.5, 0.6) is 0 Å². The topological polar surface area (TPSA) is 64.0 Å². The van der Waals surface area contributed by atoms with Crippen molar-refractivity contribution >= 4 is 56.5 Å². The Bertz CT molecular complexity index is 1420. The lowest BCUT2D eigenvalue weighted by Crippen LogP contribution is -2.23. The second kappa shape index (κ2) is 8.97. The first kappa shape index (κ1) is 22.2. The predicted octanol–water partition coefficient (Wildman–Crippen LogP) is 5.94. The molecule has 0 spiro atoms. The van der Waals surface area contributed by atoms with Crippen molar-refractivity contribution in [1.29, 1.82) is 0 Å². The quantitative estimate of drug-likeness (QED) is 0.275. The van der Waals surface area contributed by atoms with E-state index in [1.807, 2.05) is 44.2 Å². The zero-order valence-electron chi connectivity index (χ0n) is 18.3. The molecular formula is C25H22ClN3O2S2. The lowest BCUT2D eigenvalue weighted by atomic mass is 10.1. The molecule has 5 nitrogen and oxygen atoms in total. The van der Waals surface area contributed by atoms with E-state index in [4.69, 9.17) is 16.6 Å². The summed E-state index contributed by atoms with van der Waals surface area (Å²) in [5.41, 5.74) is 4.60. The molecule has 1 aliphatic carbocycles. The Hall–Kier alpha value is -2.61. The minimum absolute atomic E-state index is 0.0839. The fourth-order valence-corrected chi connectivity index (χ4v) is 6.50. The molecule has 0 saturated carbocycles. The number of nitrogens with one attached hydrogen (secondary N) is 1. The largest absolute Gasteiger partial charge is 0.325 e.